The molecular weight excluding hydrogens is 210 g/mol. The molecule has 82 valence electrons. The lowest BCUT2D eigenvalue weighted by molar-refractivity contribution is -0.143. The van der Waals surface area contributed by atoms with Gasteiger partial charge in [-0.25, -0.2) is 0 Å². The van der Waals surface area contributed by atoms with Crippen LogP contribution in [0.25, 0.3) is 0 Å². The number of carbonyl (C=O) groups is 1. The lowest BCUT2D eigenvalue weighted by Crippen LogP contribution is -2.20. The molecule has 0 heterocycles. The largest absolute Gasteiger partial charge is 0.460 e. The second-order valence-corrected chi connectivity index (χ2v) is 3.92. The van der Waals surface area contributed by atoms with Crippen molar-refractivity contribution in [3.8, 4) is 0 Å². The molecule has 0 aromatic heterocycles. The summed E-state index contributed by atoms with van der Waals surface area (Å²) in [7, 11) is 1.72. The van der Waals surface area contributed by atoms with Gasteiger partial charge >= 0.3 is 5.97 Å². The van der Waals surface area contributed by atoms with Crippen molar-refractivity contribution < 1.29 is 9.53 Å². The molecule has 0 fully saturated rings. The van der Waals surface area contributed by atoms with Gasteiger partial charge in [0.15, 0.2) is 0 Å². The third-order valence-electron chi connectivity index (χ3n) is 1.88. The Kier molecular flexibility index (Phi) is 5.21. The van der Waals surface area contributed by atoms with Gasteiger partial charge < -0.3 is 10.1 Å². The van der Waals surface area contributed by atoms with Crippen LogP contribution in [0.2, 0.25) is 0 Å². The third kappa shape index (κ3) is 4.36. The smallest absolute Gasteiger partial charge is 0.320 e. The van der Waals surface area contributed by atoms with Crippen LogP contribution in [-0.2, 0) is 16.1 Å². The number of ether oxygens (including phenoxy) is 1. The van der Waals surface area contributed by atoms with Crippen molar-refractivity contribution in [2.24, 2.45) is 0 Å². The summed E-state index contributed by atoms with van der Waals surface area (Å²) in [6, 6.07) is 7.98. The Morgan fingerprint density at radius 3 is 2.60 bits per heavy atom. The van der Waals surface area contributed by atoms with Crippen molar-refractivity contribution in [3.05, 3.63) is 29.8 Å². The quantitative estimate of drug-likeness (QED) is 0.611. The maximum atomic E-state index is 11.1. The maximum absolute atomic E-state index is 11.1. The van der Waals surface area contributed by atoms with E-state index in [9.17, 15) is 4.79 Å². The molecule has 3 nitrogen and oxygen atoms in total. The van der Waals surface area contributed by atoms with Crippen LogP contribution in [0.1, 0.15) is 5.56 Å². The normalized spacial score (nSPS) is 10.0. The third-order valence-corrected chi connectivity index (χ3v) is 2.62. The van der Waals surface area contributed by atoms with E-state index in [2.05, 4.69) is 5.32 Å². The molecule has 0 spiro atoms. The highest BCUT2D eigenvalue weighted by Gasteiger charge is 2.00. The fourth-order valence-electron chi connectivity index (χ4n) is 1.08. The predicted molar refractivity (Wildman–Crippen MR) is 61.9 cm³/mol. The van der Waals surface area contributed by atoms with Crippen molar-refractivity contribution in [3.63, 3.8) is 0 Å². The fourth-order valence-corrected chi connectivity index (χ4v) is 1.49. The number of esters is 1. The van der Waals surface area contributed by atoms with Crippen LogP contribution in [0.3, 0.4) is 0 Å². The summed E-state index contributed by atoms with van der Waals surface area (Å²) in [4.78, 5) is 12.3. The zero-order chi connectivity index (χ0) is 11.1. The van der Waals surface area contributed by atoms with Crippen molar-refractivity contribution in [2.75, 3.05) is 19.8 Å². The number of rotatable bonds is 5. The topological polar surface area (TPSA) is 38.3 Å². The Morgan fingerprint density at radius 2 is 2.07 bits per heavy atom. The number of benzene rings is 1. The van der Waals surface area contributed by atoms with Crippen LogP contribution in [0.4, 0.5) is 0 Å². The molecule has 0 amide bonds. The minimum atomic E-state index is -0.230. The van der Waals surface area contributed by atoms with E-state index < -0.39 is 0 Å². The number of nitrogens with one attached hydrogen (secondary N) is 1. The maximum Gasteiger partial charge on any atom is 0.320 e. The number of thioether (sulfide) groups is 1. The number of likely N-dealkylation sites (N-methyl/N-ethyl adjacent to an activating group) is 1. The second-order valence-electron chi connectivity index (χ2n) is 3.04. The van der Waals surface area contributed by atoms with Gasteiger partial charge in [0.1, 0.15) is 6.61 Å². The van der Waals surface area contributed by atoms with Gasteiger partial charge in [-0.15, -0.1) is 11.8 Å². The van der Waals surface area contributed by atoms with Crippen LogP contribution in [0.5, 0.6) is 0 Å². The minimum absolute atomic E-state index is 0.230. The van der Waals surface area contributed by atoms with E-state index in [-0.39, 0.29) is 12.5 Å². The Bertz CT molecular complexity index is 311. The van der Waals surface area contributed by atoms with Crippen molar-refractivity contribution in [2.45, 2.75) is 11.5 Å². The van der Waals surface area contributed by atoms with Gasteiger partial charge in [-0.2, -0.15) is 0 Å². The first-order valence-corrected chi connectivity index (χ1v) is 5.92. The number of carbonyl (C=O) groups excluding carboxylic acids is 1. The molecule has 0 atom stereocenters. The van der Waals surface area contributed by atoms with Crippen LogP contribution in [0, 0.1) is 0 Å². The van der Waals surface area contributed by atoms with Crippen molar-refractivity contribution >= 4 is 17.7 Å². The zero-order valence-corrected chi connectivity index (χ0v) is 9.76. The zero-order valence-electron chi connectivity index (χ0n) is 8.95. The average molecular weight is 225 g/mol. The Hall–Kier alpha value is -1.00. The molecule has 15 heavy (non-hydrogen) atoms. The van der Waals surface area contributed by atoms with Crippen LogP contribution in [-0.4, -0.2) is 25.8 Å². The first-order chi connectivity index (χ1) is 7.26. The monoisotopic (exact) mass is 225 g/mol. The SMILES string of the molecule is CNCC(=O)OCc1ccc(SC)cc1. The van der Waals surface area contributed by atoms with E-state index in [0.29, 0.717) is 6.61 Å². The van der Waals surface area contributed by atoms with E-state index in [0.717, 1.165) is 5.56 Å². The van der Waals surface area contributed by atoms with E-state index >= 15 is 0 Å². The Balaban J connectivity index is 2.40. The highest BCUT2D eigenvalue weighted by atomic mass is 32.2. The van der Waals surface area contributed by atoms with Gasteiger partial charge in [0, 0.05) is 4.90 Å². The molecule has 1 N–H and O–H groups in total. The molecule has 0 unspecified atom stereocenters. The lowest BCUT2D eigenvalue weighted by Gasteiger charge is -2.04. The van der Waals surface area contributed by atoms with Gasteiger partial charge in [0.2, 0.25) is 0 Å². The average Bonchev–Trinajstić information content (AvgIpc) is 2.27. The first-order valence-electron chi connectivity index (χ1n) is 4.69. The molecule has 1 aromatic carbocycles. The molecule has 0 aliphatic heterocycles. The Labute approximate surface area is 94.2 Å². The number of hydrogen-bond acceptors (Lipinski definition) is 4. The van der Waals surface area contributed by atoms with Gasteiger partial charge in [-0.05, 0) is 31.0 Å². The minimum Gasteiger partial charge on any atom is -0.460 e. The summed E-state index contributed by atoms with van der Waals surface area (Å²) >= 11 is 1.69. The van der Waals surface area contributed by atoms with Crippen LogP contribution < -0.4 is 5.32 Å². The van der Waals surface area contributed by atoms with Gasteiger partial charge in [-0.1, -0.05) is 12.1 Å². The molecule has 0 saturated heterocycles. The highest BCUT2D eigenvalue weighted by Crippen LogP contribution is 2.15. The molecule has 0 bridgehead atoms. The Morgan fingerprint density at radius 1 is 1.40 bits per heavy atom. The summed E-state index contributed by atoms with van der Waals surface area (Å²) in [5.74, 6) is -0.230. The summed E-state index contributed by atoms with van der Waals surface area (Å²) in [6.45, 7) is 0.595. The van der Waals surface area contributed by atoms with Crippen LogP contribution >= 0.6 is 11.8 Å². The fraction of sp³-hybridized carbons (Fsp3) is 0.364. The van der Waals surface area contributed by atoms with E-state index in [1.165, 1.54) is 4.90 Å². The molecule has 4 heteroatoms. The van der Waals surface area contributed by atoms with Gasteiger partial charge in [0.05, 0.1) is 6.54 Å². The molecule has 0 saturated carbocycles. The van der Waals surface area contributed by atoms with Crippen LogP contribution in [0.15, 0.2) is 29.2 Å². The predicted octanol–water partition coefficient (Wildman–Crippen LogP) is 1.67. The van der Waals surface area contributed by atoms with E-state index in [1.54, 1.807) is 18.8 Å². The standard InChI is InChI=1S/C11H15NO2S/c1-12-7-11(13)14-8-9-3-5-10(15-2)6-4-9/h3-6,12H,7-8H2,1-2H3. The number of hydrogen-bond donors (Lipinski definition) is 1. The molecule has 1 rings (SSSR count). The highest BCUT2D eigenvalue weighted by molar-refractivity contribution is 7.98. The molecule has 1 aromatic rings. The second kappa shape index (κ2) is 6.48. The van der Waals surface area contributed by atoms with Crippen molar-refractivity contribution in [1.82, 2.24) is 5.32 Å². The summed E-state index contributed by atoms with van der Waals surface area (Å²) in [6.07, 6.45) is 2.03. The lowest BCUT2D eigenvalue weighted by atomic mass is 10.2. The first kappa shape index (κ1) is 12.1. The van der Waals surface area contributed by atoms with Gasteiger partial charge in [-0.3, -0.25) is 4.79 Å². The molecular formula is C11H15NO2S. The van der Waals surface area contributed by atoms with E-state index in [4.69, 9.17) is 4.74 Å². The summed E-state index contributed by atoms with van der Waals surface area (Å²) in [5, 5.41) is 2.74. The molecule has 0 radical (unpaired) electrons. The molecule has 0 aliphatic carbocycles. The van der Waals surface area contributed by atoms with E-state index in [1.807, 2.05) is 30.5 Å². The molecule has 0 aliphatic rings. The van der Waals surface area contributed by atoms with Gasteiger partial charge in [0.25, 0.3) is 0 Å². The van der Waals surface area contributed by atoms with Crippen molar-refractivity contribution in [1.29, 1.82) is 0 Å². The summed E-state index contributed by atoms with van der Waals surface area (Å²) in [5.41, 5.74) is 1.01. The summed E-state index contributed by atoms with van der Waals surface area (Å²) < 4.78 is 5.03.